The minimum Gasteiger partial charge on any atom is -0.508 e. The quantitative estimate of drug-likeness (QED) is 0.881. The van der Waals surface area contributed by atoms with Crippen LogP contribution in [0.4, 0.5) is 10.1 Å². The number of aromatic hydroxyl groups is 1. The van der Waals surface area contributed by atoms with Gasteiger partial charge in [0.05, 0.1) is 4.47 Å². The Bertz CT molecular complexity index is 626. The maximum atomic E-state index is 13.3. The van der Waals surface area contributed by atoms with Gasteiger partial charge in [0.15, 0.2) is 0 Å². The van der Waals surface area contributed by atoms with Crippen LogP contribution in [-0.4, -0.2) is 11.0 Å². The number of carbonyl (C=O) groups is 1. The van der Waals surface area contributed by atoms with Gasteiger partial charge in [-0.05, 0) is 64.8 Å². The van der Waals surface area contributed by atoms with Crippen molar-refractivity contribution in [3.63, 3.8) is 0 Å². The molecule has 0 fully saturated rings. The molecule has 2 aromatic carbocycles. The number of rotatable bonds is 2. The predicted molar refractivity (Wildman–Crippen MR) is 74.9 cm³/mol. The molecule has 0 heterocycles. The molecule has 98 valence electrons. The molecule has 0 aliphatic rings. The summed E-state index contributed by atoms with van der Waals surface area (Å²) >= 11 is 3.08. The lowest BCUT2D eigenvalue weighted by molar-refractivity contribution is 0.102. The van der Waals surface area contributed by atoms with E-state index in [0.717, 1.165) is 0 Å². The first kappa shape index (κ1) is 13.5. The summed E-state index contributed by atoms with van der Waals surface area (Å²) in [6, 6.07) is 8.75. The van der Waals surface area contributed by atoms with Crippen molar-refractivity contribution in [2.24, 2.45) is 0 Å². The number of phenolic OH excluding ortho intramolecular Hbond substituents is 1. The average molecular weight is 324 g/mol. The van der Waals surface area contributed by atoms with Crippen molar-refractivity contribution in [3.8, 4) is 5.75 Å². The first-order valence-electron chi connectivity index (χ1n) is 5.53. The van der Waals surface area contributed by atoms with Gasteiger partial charge in [-0.3, -0.25) is 4.79 Å². The summed E-state index contributed by atoms with van der Waals surface area (Å²) in [7, 11) is 0. The molecular formula is C14H11BrFNO2. The summed E-state index contributed by atoms with van der Waals surface area (Å²) in [4.78, 5) is 12.0. The Balaban J connectivity index is 2.24. The molecule has 1 amide bonds. The third kappa shape index (κ3) is 3.12. The van der Waals surface area contributed by atoms with E-state index in [1.165, 1.54) is 36.4 Å². The van der Waals surface area contributed by atoms with Crippen molar-refractivity contribution in [2.45, 2.75) is 6.92 Å². The molecule has 2 aromatic rings. The summed E-state index contributed by atoms with van der Waals surface area (Å²) in [5, 5.41) is 11.9. The fraction of sp³-hybridized carbons (Fsp3) is 0.0714. The molecule has 0 atom stereocenters. The molecule has 0 aliphatic carbocycles. The van der Waals surface area contributed by atoms with Gasteiger partial charge in [0.2, 0.25) is 0 Å². The Morgan fingerprint density at radius 3 is 2.53 bits per heavy atom. The molecule has 0 radical (unpaired) electrons. The van der Waals surface area contributed by atoms with E-state index < -0.39 is 0 Å². The van der Waals surface area contributed by atoms with Crippen LogP contribution >= 0.6 is 15.9 Å². The maximum absolute atomic E-state index is 13.3. The SMILES string of the molecule is Cc1cc(F)c(Br)cc1NC(=O)c1ccc(O)cc1. The highest BCUT2D eigenvalue weighted by Crippen LogP contribution is 2.24. The number of hydrogen-bond acceptors (Lipinski definition) is 2. The highest BCUT2D eigenvalue weighted by atomic mass is 79.9. The predicted octanol–water partition coefficient (Wildman–Crippen LogP) is 3.85. The van der Waals surface area contributed by atoms with Gasteiger partial charge in [0.25, 0.3) is 5.91 Å². The van der Waals surface area contributed by atoms with E-state index in [4.69, 9.17) is 5.11 Å². The first-order valence-corrected chi connectivity index (χ1v) is 6.32. The van der Waals surface area contributed by atoms with Crippen molar-refractivity contribution in [1.82, 2.24) is 0 Å². The lowest BCUT2D eigenvalue weighted by Gasteiger charge is -2.09. The van der Waals surface area contributed by atoms with E-state index in [-0.39, 0.29) is 17.5 Å². The van der Waals surface area contributed by atoms with E-state index in [1.807, 2.05) is 0 Å². The van der Waals surface area contributed by atoms with Gasteiger partial charge in [0.1, 0.15) is 11.6 Å². The molecular weight excluding hydrogens is 313 g/mol. The van der Waals surface area contributed by atoms with Gasteiger partial charge in [0, 0.05) is 11.3 Å². The van der Waals surface area contributed by atoms with Crippen LogP contribution in [0.25, 0.3) is 0 Å². The normalized spacial score (nSPS) is 10.3. The molecule has 2 rings (SSSR count). The van der Waals surface area contributed by atoms with Crippen molar-refractivity contribution >= 4 is 27.5 Å². The Morgan fingerprint density at radius 2 is 1.89 bits per heavy atom. The number of nitrogens with one attached hydrogen (secondary N) is 1. The molecule has 2 N–H and O–H groups in total. The third-order valence-corrected chi connectivity index (χ3v) is 3.25. The number of halogens is 2. The van der Waals surface area contributed by atoms with Crippen LogP contribution in [0, 0.1) is 12.7 Å². The van der Waals surface area contributed by atoms with Crippen molar-refractivity contribution in [1.29, 1.82) is 0 Å². The number of anilines is 1. The van der Waals surface area contributed by atoms with Crippen LogP contribution in [0.2, 0.25) is 0 Å². The van der Waals surface area contributed by atoms with Gasteiger partial charge >= 0.3 is 0 Å². The van der Waals surface area contributed by atoms with Gasteiger partial charge in [-0.25, -0.2) is 4.39 Å². The minimum absolute atomic E-state index is 0.0947. The molecule has 0 aliphatic heterocycles. The molecule has 0 unspecified atom stereocenters. The highest BCUT2D eigenvalue weighted by Gasteiger charge is 2.10. The van der Waals surface area contributed by atoms with Crippen LogP contribution in [0.3, 0.4) is 0 Å². The number of benzene rings is 2. The standard InChI is InChI=1S/C14H11BrFNO2/c1-8-6-12(16)11(15)7-13(8)17-14(19)9-2-4-10(18)5-3-9/h2-7,18H,1H3,(H,17,19). The molecule has 0 aromatic heterocycles. The van der Waals surface area contributed by atoms with Crippen LogP contribution in [0.5, 0.6) is 5.75 Å². The molecule has 3 nitrogen and oxygen atoms in total. The number of hydrogen-bond donors (Lipinski definition) is 2. The van der Waals surface area contributed by atoms with E-state index in [2.05, 4.69) is 21.2 Å². The number of carbonyl (C=O) groups excluding carboxylic acids is 1. The van der Waals surface area contributed by atoms with E-state index in [1.54, 1.807) is 6.92 Å². The van der Waals surface area contributed by atoms with Crippen LogP contribution in [-0.2, 0) is 0 Å². The number of aryl methyl sites for hydroxylation is 1. The molecule has 0 spiro atoms. The van der Waals surface area contributed by atoms with Crippen LogP contribution in [0.1, 0.15) is 15.9 Å². The Kier molecular flexibility index (Phi) is 3.85. The van der Waals surface area contributed by atoms with Crippen molar-refractivity contribution in [2.75, 3.05) is 5.32 Å². The van der Waals surface area contributed by atoms with E-state index in [0.29, 0.717) is 21.3 Å². The Hall–Kier alpha value is -1.88. The van der Waals surface area contributed by atoms with Gasteiger partial charge in [-0.2, -0.15) is 0 Å². The second kappa shape index (κ2) is 5.40. The zero-order chi connectivity index (χ0) is 14.0. The fourth-order valence-electron chi connectivity index (χ4n) is 1.59. The van der Waals surface area contributed by atoms with Gasteiger partial charge < -0.3 is 10.4 Å². The Morgan fingerprint density at radius 1 is 1.26 bits per heavy atom. The molecule has 0 saturated carbocycles. The topological polar surface area (TPSA) is 49.3 Å². The van der Waals surface area contributed by atoms with Crippen molar-refractivity contribution < 1.29 is 14.3 Å². The molecule has 0 bridgehead atoms. The van der Waals surface area contributed by atoms with Gasteiger partial charge in [-0.1, -0.05) is 0 Å². The fourth-order valence-corrected chi connectivity index (χ4v) is 1.93. The summed E-state index contributed by atoms with van der Waals surface area (Å²) < 4.78 is 13.6. The molecule has 19 heavy (non-hydrogen) atoms. The molecule has 0 saturated heterocycles. The first-order chi connectivity index (χ1) is 8.97. The summed E-state index contributed by atoms with van der Waals surface area (Å²) in [6.07, 6.45) is 0. The largest absolute Gasteiger partial charge is 0.508 e. The lowest BCUT2D eigenvalue weighted by atomic mass is 10.1. The monoisotopic (exact) mass is 323 g/mol. The number of phenols is 1. The van der Waals surface area contributed by atoms with E-state index >= 15 is 0 Å². The van der Waals surface area contributed by atoms with Crippen LogP contribution in [0.15, 0.2) is 40.9 Å². The lowest BCUT2D eigenvalue weighted by Crippen LogP contribution is -2.12. The maximum Gasteiger partial charge on any atom is 0.255 e. The second-order valence-corrected chi connectivity index (χ2v) is 4.94. The van der Waals surface area contributed by atoms with Crippen molar-refractivity contribution in [3.05, 3.63) is 57.8 Å². The van der Waals surface area contributed by atoms with E-state index in [9.17, 15) is 9.18 Å². The second-order valence-electron chi connectivity index (χ2n) is 4.08. The average Bonchev–Trinajstić information content (AvgIpc) is 2.36. The minimum atomic E-state index is -0.375. The van der Waals surface area contributed by atoms with Gasteiger partial charge in [-0.15, -0.1) is 0 Å². The highest BCUT2D eigenvalue weighted by molar-refractivity contribution is 9.10. The van der Waals surface area contributed by atoms with Crippen LogP contribution < -0.4 is 5.32 Å². The third-order valence-electron chi connectivity index (χ3n) is 2.64. The Labute approximate surface area is 118 Å². The zero-order valence-electron chi connectivity index (χ0n) is 10.1. The zero-order valence-corrected chi connectivity index (χ0v) is 11.7. The number of amides is 1. The summed E-state index contributed by atoms with van der Waals surface area (Å²) in [5.74, 6) is -0.598. The molecule has 5 heteroatoms. The summed E-state index contributed by atoms with van der Waals surface area (Å²) in [5.41, 5.74) is 1.58. The summed E-state index contributed by atoms with van der Waals surface area (Å²) in [6.45, 7) is 1.71. The smallest absolute Gasteiger partial charge is 0.255 e.